The first-order chi connectivity index (χ1) is 7.13. The molecule has 0 amide bonds. The van der Waals surface area contributed by atoms with Crippen LogP contribution in [-0.2, 0) is 0 Å². The number of nitrogens with zero attached hydrogens (tertiary/aromatic N) is 3. The zero-order valence-corrected chi connectivity index (χ0v) is 8.38. The molecule has 15 heavy (non-hydrogen) atoms. The number of imidazole rings is 1. The predicted molar refractivity (Wildman–Crippen MR) is 54.1 cm³/mol. The lowest BCUT2D eigenvalue weighted by Gasteiger charge is -2.05. The lowest BCUT2D eigenvalue weighted by Crippen LogP contribution is -2.33. The molecule has 0 unspecified atom stereocenters. The number of methoxy groups -OCH3 is 1. The molecule has 2 rings (SSSR count). The minimum atomic E-state index is -1.62. The lowest BCUT2D eigenvalue weighted by atomic mass is 9.87. The summed E-state index contributed by atoms with van der Waals surface area (Å²) in [5.41, 5.74) is 1.55. The van der Waals surface area contributed by atoms with Crippen LogP contribution in [0.25, 0.3) is 5.65 Å². The van der Waals surface area contributed by atoms with Crippen LogP contribution in [0.5, 0.6) is 5.88 Å². The van der Waals surface area contributed by atoms with Gasteiger partial charge < -0.3 is 14.8 Å². The summed E-state index contributed by atoms with van der Waals surface area (Å²) < 4.78 is 6.71. The van der Waals surface area contributed by atoms with Crippen molar-refractivity contribution in [2.45, 2.75) is 6.92 Å². The van der Waals surface area contributed by atoms with E-state index < -0.39 is 7.12 Å². The maximum atomic E-state index is 9.04. The largest absolute Gasteiger partial charge is 0.509 e. The molecule has 0 radical (unpaired) electrons. The first kappa shape index (κ1) is 9.94. The summed E-state index contributed by atoms with van der Waals surface area (Å²) in [5, 5.41) is 18.1. The fraction of sp³-hybridized carbons (Fsp3) is 0.250. The second kappa shape index (κ2) is 3.52. The molecule has 2 aromatic heterocycles. The fourth-order valence-electron chi connectivity index (χ4n) is 1.36. The average molecular weight is 207 g/mol. The van der Waals surface area contributed by atoms with Crippen molar-refractivity contribution in [1.82, 2.24) is 14.4 Å². The summed E-state index contributed by atoms with van der Waals surface area (Å²) in [7, 11) is -0.162. The van der Waals surface area contributed by atoms with Crippen molar-refractivity contribution < 1.29 is 14.8 Å². The van der Waals surface area contributed by atoms with Crippen LogP contribution in [0.2, 0.25) is 0 Å². The number of fused-ring (bicyclic) bond motifs is 1. The Labute approximate surface area is 86.3 Å². The van der Waals surface area contributed by atoms with Gasteiger partial charge in [-0.2, -0.15) is 0 Å². The molecule has 0 saturated carbocycles. The maximum Gasteiger partial charge on any atom is 0.509 e. The monoisotopic (exact) mass is 207 g/mol. The van der Waals surface area contributed by atoms with E-state index in [9.17, 15) is 0 Å². The van der Waals surface area contributed by atoms with Crippen LogP contribution in [0.4, 0.5) is 0 Å². The third-order valence-corrected chi connectivity index (χ3v) is 2.12. The number of hydrogen-bond acceptors (Lipinski definition) is 5. The molecule has 2 heterocycles. The maximum absolute atomic E-state index is 9.04. The molecule has 0 fully saturated rings. The second-order valence-corrected chi connectivity index (χ2v) is 3.14. The molecular formula is C8H10BN3O3. The van der Waals surface area contributed by atoms with Crippen LogP contribution in [-0.4, -0.2) is 38.6 Å². The Morgan fingerprint density at radius 3 is 2.80 bits per heavy atom. The number of ether oxygens (including phenoxy) is 1. The zero-order valence-electron chi connectivity index (χ0n) is 8.38. The molecule has 7 heteroatoms. The highest BCUT2D eigenvalue weighted by Crippen LogP contribution is 2.14. The Balaban J connectivity index is 2.74. The Morgan fingerprint density at radius 1 is 1.47 bits per heavy atom. The Bertz CT molecular complexity index is 497. The molecule has 0 bridgehead atoms. The topological polar surface area (TPSA) is 79.9 Å². The van der Waals surface area contributed by atoms with E-state index in [0.29, 0.717) is 5.65 Å². The van der Waals surface area contributed by atoms with E-state index in [1.54, 1.807) is 10.6 Å². The lowest BCUT2D eigenvalue weighted by molar-refractivity contribution is 0.396. The van der Waals surface area contributed by atoms with Gasteiger partial charge in [0.1, 0.15) is 0 Å². The smallest absolute Gasteiger partial charge is 0.478 e. The average Bonchev–Trinajstić information content (AvgIpc) is 2.59. The summed E-state index contributed by atoms with van der Waals surface area (Å²) >= 11 is 0. The van der Waals surface area contributed by atoms with E-state index in [0.717, 1.165) is 5.69 Å². The molecule has 0 spiro atoms. The minimum Gasteiger partial charge on any atom is -0.478 e. The Kier molecular flexibility index (Phi) is 2.33. The molecule has 0 aromatic carbocycles. The van der Waals surface area contributed by atoms with E-state index in [-0.39, 0.29) is 11.5 Å². The summed E-state index contributed by atoms with van der Waals surface area (Å²) in [4.78, 5) is 8.03. The summed E-state index contributed by atoms with van der Waals surface area (Å²) in [6.07, 6.45) is 3.18. The van der Waals surface area contributed by atoms with Crippen molar-refractivity contribution in [3.63, 3.8) is 0 Å². The third-order valence-electron chi connectivity index (χ3n) is 2.12. The molecule has 78 valence electrons. The van der Waals surface area contributed by atoms with Crippen LogP contribution < -0.4 is 10.3 Å². The second-order valence-electron chi connectivity index (χ2n) is 3.14. The number of aromatic nitrogens is 3. The zero-order chi connectivity index (χ0) is 11.0. The van der Waals surface area contributed by atoms with Crippen LogP contribution >= 0.6 is 0 Å². The van der Waals surface area contributed by atoms with Crippen molar-refractivity contribution >= 4 is 18.4 Å². The van der Waals surface area contributed by atoms with Gasteiger partial charge in [-0.25, -0.2) is 9.97 Å². The highest BCUT2D eigenvalue weighted by atomic mass is 16.5. The molecule has 6 nitrogen and oxygen atoms in total. The van der Waals surface area contributed by atoms with Gasteiger partial charge in [-0.05, 0) is 6.92 Å². The van der Waals surface area contributed by atoms with E-state index >= 15 is 0 Å². The summed E-state index contributed by atoms with van der Waals surface area (Å²) in [5.74, 6) is 0.272. The van der Waals surface area contributed by atoms with Crippen LogP contribution in [0.3, 0.4) is 0 Å². The predicted octanol–water partition coefficient (Wildman–Crippen LogP) is -1.27. The van der Waals surface area contributed by atoms with E-state index in [4.69, 9.17) is 14.8 Å². The molecular weight excluding hydrogens is 197 g/mol. The first-order valence-electron chi connectivity index (χ1n) is 4.38. The molecule has 0 aliphatic rings. The quantitative estimate of drug-likeness (QED) is 0.600. The van der Waals surface area contributed by atoms with Crippen molar-refractivity contribution in [2.75, 3.05) is 7.11 Å². The number of rotatable bonds is 2. The molecule has 2 aromatic rings. The van der Waals surface area contributed by atoms with Crippen LogP contribution in [0, 0.1) is 6.92 Å². The van der Waals surface area contributed by atoms with Gasteiger partial charge in [-0.3, -0.25) is 4.40 Å². The van der Waals surface area contributed by atoms with Gasteiger partial charge in [0, 0.05) is 18.1 Å². The Hall–Kier alpha value is -1.60. The van der Waals surface area contributed by atoms with Crippen molar-refractivity contribution in [1.29, 1.82) is 0 Å². The van der Waals surface area contributed by atoms with Crippen molar-refractivity contribution in [2.24, 2.45) is 0 Å². The highest BCUT2D eigenvalue weighted by Gasteiger charge is 2.18. The fourth-order valence-corrected chi connectivity index (χ4v) is 1.36. The molecule has 0 saturated heterocycles. The standard InChI is InChI=1S/C8H10BN3O3/c1-5-3-10-7-8(15-2)11-6(9(13)14)4-12(5)7/h3-4,13-14H,1-2H3. The van der Waals surface area contributed by atoms with Gasteiger partial charge in [0.15, 0.2) is 0 Å². The van der Waals surface area contributed by atoms with Crippen molar-refractivity contribution in [3.05, 3.63) is 18.1 Å². The first-order valence-corrected chi connectivity index (χ1v) is 4.38. The molecule has 0 atom stereocenters. The number of aryl methyl sites for hydroxylation is 1. The van der Waals surface area contributed by atoms with Crippen LogP contribution in [0.15, 0.2) is 12.4 Å². The SMILES string of the molecule is COc1nc(B(O)O)cn2c(C)cnc12. The van der Waals surface area contributed by atoms with Gasteiger partial charge in [0.2, 0.25) is 5.65 Å². The van der Waals surface area contributed by atoms with Crippen molar-refractivity contribution in [3.8, 4) is 5.88 Å². The minimum absolute atomic E-state index is 0.125. The van der Waals surface area contributed by atoms with E-state index in [2.05, 4.69) is 9.97 Å². The normalized spacial score (nSPS) is 10.7. The summed E-state index contributed by atoms with van der Waals surface area (Å²) in [6.45, 7) is 1.85. The highest BCUT2D eigenvalue weighted by molar-refractivity contribution is 6.57. The van der Waals surface area contributed by atoms with Gasteiger partial charge in [0.05, 0.1) is 12.7 Å². The molecule has 2 N–H and O–H groups in total. The molecule has 0 aliphatic carbocycles. The Morgan fingerprint density at radius 2 is 2.20 bits per heavy atom. The molecule has 0 aliphatic heterocycles. The van der Waals surface area contributed by atoms with Gasteiger partial charge >= 0.3 is 7.12 Å². The third kappa shape index (κ3) is 1.55. The van der Waals surface area contributed by atoms with Gasteiger partial charge in [-0.1, -0.05) is 0 Å². The van der Waals surface area contributed by atoms with Crippen LogP contribution in [0.1, 0.15) is 5.69 Å². The number of hydrogen-bond donors (Lipinski definition) is 2. The van der Waals surface area contributed by atoms with Gasteiger partial charge in [0.25, 0.3) is 5.88 Å². The summed E-state index contributed by atoms with van der Waals surface area (Å²) in [6, 6.07) is 0. The van der Waals surface area contributed by atoms with E-state index in [1.807, 2.05) is 6.92 Å². The van der Waals surface area contributed by atoms with Gasteiger partial charge in [-0.15, -0.1) is 0 Å². The van der Waals surface area contributed by atoms with E-state index in [1.165, 1.54) is 13.3 Å².